The van der Waals surface area contributed by atoms with E-state index in [1.807, 2.05) is 6.92 Å². The van der Waals surface area contributed by atoms with Gasteiger partial charge in [-0.1, -0.05) is 29.8 Å². The van der Waals surface area contributed by atoms with E-state index in [-0.39, 0.29) is 23.5 Å². The number of benzene rings is 1. The van der Waals surface area contributed by atoms with Crippen LogP contribution in [0.1, 0.15) is 27.9 Å². The molecule has 0 saturated carbocycles. The topological polar surface area (TPSA) is 88.2 Å². The maximum absolute atomic E-state index is 12.2. The summed E-state index contributed by atoms with van der Waals surface area (Å²) in [4.78, 5) is 16.4. The van der Waals surface area contributed by atoms with E-state index < -0.39 is 9.84 Å². The van der Waals surface area contributed by atoms with Gasteiger partial charge < -0.3 is 10.6 Å². The number of anilines is 1. The number of hydrogen-bond donors (Lipinski definition) is 2. The number of sulfone groups is 1. The van der Waals surface area contributed by atoms with E-state index in [4.69, 9.17) is 0 Å². The van der Waals surface area contributed by atoms with Crippen molar-refractivity contribution in [1.29, 1.82) is 0 Å². The molecule has 132 valence electrons. The van der Waals surface area contributed by atoms with Crippen molar-refractivity contribution in [2.45, 2.75) is 25.9 Å². The van der Waals surface area contributed by atoms with Gasteiger partial charge in [0.05, 0.1) is 17.1 Å². The molecule has 3 rings (SSSR count). The molecule has 2 N–H and O–H groups in total. The van der Waals surface area contributed by atoms with Gasteiger partial charge in [0.15, 0.2) is 9.84 Å². The van der Waals surface area contributed by atoms with Crippen LogP contribution < -0.4 is 10.6 Å². The maximum Gasteiger partial charge on any atom is 0.253 e. The predicted octanol–water partition coefficient (Wildman–Crippen LogP) is 1.92. The molecule has 1 saturated heterocycles. The molecular formula is C18H21N3O3S. The number of amides is 1. The minimum atomic E-state index is -3.01. The first kappa shape index (κ1) is 17.4. The molecule has 0 aliphatic carbocycles. The average molecular weight is 359 g/mol. The fraction of sp³-hybridized carbons (Fsp3) is 0.333. The molecule has 7 heteroatoms. The Kier molecular flexibility index (Phi) is 5.03. The van der Waals surface area contributed by atoms with Crippen LogP contribution in [0.25, 0.3) is 0 Å². The SMILES string of the molecule is Cc1ccc(CNc2ccc(C(=O)NC3CCS(=O)(=O)C3)cn2)cc1. The first-order valence-electron chi connectivity index (χ1n) is 8.18. The van der Waals surface area contributed by atoms with Crippen LogP contribution >= 0.6 is 0 Å². The van der Waals surface area contributed by atoms with Gasteiger partial charge >= 0.3 is 0 Å². The first-order valence-corrected chi connectivity index (χ1v) is 10.0. The zero-order chi connectivity index (χ0) is 17.9. The van der Waals surface area contributed by atoms with Crippen molar-refractivity contribution >= 4 is 21.6 Å². The summed E-state index contributed by atoms with van der Waals surface area (Å²) >= 11 is 0. The third-order valence-electron chi connectivity index (χ3n) is 4.19. The second kappa shape index (κ2) is 7.23. The maximum atomic E-state index is 12.2. The van der Waals surface area contributed by atoms with Gasteiger partial charge in [-0.3, -0.25) is 4.79 Å². The monoisotopic (exact) mass is 359 g/mol. The lowest BCUT2D eigenvalue weighted by atomic mass is 10.1. The lowest BCUT2D eigenvalue weighted by Gasteiger charge is -2.11. The largest absolute Gasteiger partial charge is 0.366 e. The first-order chi connectivity index (χ1) is 11.9. The van der Waals surface area contributed by atoms with Crippen molar-refractivity contribution in [3.63, 3.8) is 0 Å². The van der Waals surface area contributed by atoms with Gasteiger partial charge in [-0.25, -0.2) is 13.4 Å². The van der Waals surface area contributed by atoms with Crippen molar-refractivity contribution in [3.8, 4) is 0 Å². The molecule has 1 amide bonds. The van der Waals surface area contributed by atoms with E-state index in [2.05, 4.69) is 39.9 Å². The van der Waals surface area contributed by atoms with E-state index >= 15 is 0 Å². The summed E-state index contributed by atoms with van der Waals surface area (Å²) in [6.45, 7) is 2.70. The molecule has 1 aliphatic rings. The van der Waals surface area contributed by atoms with Crippen LogP contribution in [0.5, 0.6) is 0 Å². The highest BCUT2D eigenvalue weighted by Gasteiger charge is 2.29. The van der Waals surface area contributed by atoms with Crippen LogP contribution in [0.3, 0.4) is 0 Å². The van der Waals surface area contributed by atoms with Crippen LogP contribution in [-0.2, 0) is 16.4 Å². The number of aromatic nitrogens is 1. The third kappa shape index (κ3) is 4.79. The number of pyridine rings is 1. The highest BCUT2D eigenvalue weighted by atomic mass is 32.2. The van der Waals surface area contributed by atoms with Crippen LogP contribution in [0, 0.1) is 6.92 Å². The number of hydrogen-bond acceptors (Lipinski definition) is 5. The number of aryl methyl sites for hydroxylation is 1. The minimum absolute atomic E-state index is 0.0162. The summed E-state index contributed by atoms with van der Waals surface area (Å²) in [6, 6.07) is 11.3. The summed E-state index contributed by atoms with van der Waals surface area (Å²) in [7, 11) is -3.01. The van der Waals surface area contributed by atoms with Gasteiger partial charge in [-0.2, -0.15) is 0 Å². The molecule has 1 aliphatic heterocycles. The molecule has 1 aromatic heterocycles. The summed E-state index contributed by atoms with van der Waals surface area (Å²) < 4.78 is 22.9. The molecule has 25 heavy (non-hydrogen) atoms. The molecule has 0 spiro atoms. The van der Waals surface area contributed by atoms with E-state index in [9.17, 15) is 13.2 Å². The van der Waals surface area contributed by atoms with Gasteiger partial charge in [0.2, 0.25) is 0 Å². The Morgan fingerprint density at radius 2 is 1.96 bits per heavy atom. The van der Waals surface area contributed by atoms with Gasteiger partial charge in [-0.15, -0.1) is 0 Å². The molecule has 6 nitrogen and oxygen atoms in total. The minimum Gasteiger partial charge on any atom is -0.366 e. The number of carbonyl (C=O) groups excluding carboxylic acids is 1. The Morgan fingerprint density at radius 3 is 2.56 bits per heavy atom. The Labute approximate surface area is 147 Å². The zero-order valence-corrected chi connectivity index (χ0v) is 14.8. The fourth-order valence-electron chi connectivity index (χ4n) is 2.71. The van der Waals surface area contributed by atoms with Crippen molar-refractivity contribution in [2.75, 3.05) is 16.8 Å². The second-order valence-corrected chi connectivity index (χ2v) is 8.57. The summed E-state index contributed by atoms with van der Waals surface area (Å²) in [5.74, 6) is 0.542. The van der Waals surface area contributed by atoms with Crippen LogP contribution in [0.2, 0.25) is 0 Å². The molecule has 0 radical (unpaired) electrons. The molecule has 1 unspecified atom stereocenters. The third-order valence-corrected chi connectivity index (χ3v) is 5.96. The highest BCUT2D eigenvalue weighted by Crippen LogP contribution is 2.13. The second-order valence-electron chi connectivity index (χ2n) is 6.34. The summed E-state index contributed by atoms with van der Waals surface area (Å²) in [5, 5.41) is 5.96. The van der Waals surface area contributed by atoms with E-state index in [1.165, 1.54) is 11.8 Å². The number of nitrogens with one attached hydrogen (secondary N) is 2. The lowest BCUT2D eigenvalue weighted by molar-refractivity contribution is 0.0941. The van der Waals surface area contributed by atoms with E-state index in [0.29, 0.717) is 24.3 Å². The van der Waals surface area contributed by atoms with Crippen LogP contribution in [0.4, 0.5) is 5.82 Å². The molecule has 1 aromatic carbocycles. The zero-order valence-electron chi connectivity index (χ0n) is 14.0. The Hall–Kier alpha value is -2.41. The van der Waals surface area contributed by atoms with Crippen molar-refractivity contribution < 1.29 is 13.2 Å². The van der Waals surface area contributed by atoms with Crippen LogP contribution in [0.15, 0.2) is 42.6 Å². The quantitative estimate of drug-likeness (QED) is 0.851. The lowest BCUT2D eigenvalue weighted by Crippen LogP contribution is -2.35. The Balaban J connectivity index is 1.54. The van der Waals surface area contributed by atoms with Gasteiger partial charge in [-0.05, 0) is 31.0 Å². The highest BCUT2D eigenvalue weighted by molar-refractivity contribution is 7.91. The van der Waals surface area contributed by atoms with E-state index in [1.54, 1.807) is 12.1 Å². The van der Waals surface area contributed by atoms with Gasteiger partial charge in [0.1, 0.15) is 5.82 Å². The standard InChI is InChI=1S/C18H21N3O3S/c1-13-2-4-14(5-3-13)10-19-17-7-6-15(11-20-17)18(22)21-16-8-9-25(23,24)12-16/h2-7,11,16H,8-10,12H2,1H3,(H,19,20)(H,21,22). The number of nitrogens with zero attached hydrogens (tertiary/aromatic N) is 1. The molecule has 2 aromatic rings. The molecule has 0 bridgehead atoms. The fourth-order valence-corrected chi connectivity index (χ4v) is 4.38. The van der Waals surface area contributed by atoms with Crippen molar-refractivity contribution in [3.05, 3.63) is 59.3 Å². The number of carbonyl (C=O) groups is 1. The summed E-state index contributed by atoms with van der Waals surface area (Å²) in [6.07, 6.45) is 1.97. The summed E-state index contributed by atoms with van der Waals surface area (Å²) in [5.41, 5.74) is 2.79. The van der Waals surface area contributed by atoms with Crippen LogP contribution in [-0.4, -0.2) is 36.9 Å². The normalized spacial score (nSPS) is 18.7. The Morgan fingerprint density at radius 1 is 1.20 bits per heavy atom. The molecular weight excluding hydrogens is 338 g/mol. The molecule has 1 atom stereocenters. The average Bonchev–Trinajstić information content (AvgIpc) is 2.93. The van der Waals surface area contributed by atoms with Gasteiger partial charge in [0, 0.05) is 18.8 Å². The predicted molar refractivity (Wildman–Crippen MR) is 97.3 cm³/mol. The molecule has 1 fully saturated rings. The van der Waals surface area contributed by atoms with Crippen molar-refractivity contribution in [1.82, 2.24) is 10.3 Å². The smallest absolute Gasteiger partial charge is 0.253 e. The van der Waals surface area contributed by atoms with E-state index in [0.717, 1.165) is 5.56 Å². The molecule has 2 heterocycles. The van der Waals surface area contributed by atoms with Gasteiger partial charge in [0.25, 0.3) is 5.91 Å². The number of rotatable bonds is 5. The van der Waals surface area contributed by atoms with Crippen molar-refractivity contribution in [2.24, 2.45) is 0 Å². The Bertz CT molecular complexity index is 846.